The van der Waals surface area contributed by atoms with E-state index in [9.17, 15) is 4.79 Å². The van der Waals surface area contributed by atoms with Gasteiger partial charge in [-0.1, -0.05) is 0 Å². The van der Waals surface area contributed by atoms with Crippen LogP contribution in [-0.4, -0.2) is 87.4 Å². The number of ether oxygens (including phenoxy) is 2. The molecule has 0 aliphatic carbocycles. The Morgan fingerprint density at radius 1 is 1.33 bits per heavy atom. The average molecular weight is 378 g/mol. The van der Waals surface area contributed by atoms with Gasteiger partial charge < -0.3 is 29.0 Å². The average Bonchev–Trinajstić information content (AvgIpc) is 3.38. The molecule has 150 valence electrons. The summed E-state index contributed by atoms with van der Waals surface area (Å²) in [5, 5.41) is 3.38. The molecule has 1 aromatic heterocycles. The Hall–Kier alpha value is -2.06. The molecule has 2 fully saturated rings. The molecule has 2 aliphatic heterocycles. The van der Waals surface area contributed by atoms with Gasteiger partial charge >= 0.3 is 0 Å². The number of carbonyl (C=O) groups excluding carboxylic acids is 1. The topological polar surface area (TPSA) is 79.5 Å². The molecule has 2 unspecified atom stereocenters. The molecule has 0 saturated carbocycles. The van der Waals surface area contributed by atoms with Crippen molar-refractivity contribution in [2.45, 2.75) is 31.5 Å². The van der Waals surface area contributed by atoms with E-state index in [1.807, 2.05) is 12.1 Å². The fraction of sp³-hybridized carbons (Fsp3) is 0.684. The van der Waals surface area contributed by atoms with Gasteiger partial charge in [0.05, 0.1) is 19.0 Å². The summed E-state index contributed by atoms with van der Waals surface area (Å²) in [6.07, 6.45) is 4.75. The van der Waals surface area contributed by atoms with Crippen LogP contribution in [0.1, 0.15) is 18.6 Å². The molecule has 0 aromatic carbocycles. The van der Waals surface area contributed by atoms with Crippen LogP contribution in [0.3, 0.4) is 0 Å². The van der Waals surface area contributed by atoms with Crippen molar-refractivity contribution in [1.82, 2.24) is 15.1 Å². The van der Waals surface area contributed by atoms with Gasteiger partial charge in [-0.3, -0.25) is 4.79 Å². The van der Waals surface area contributed by atoms with Gasteiger partial charge in [0.25, 0.3) is 0 Å². The molecule has 2 aliphatic rings. The van der Waals surface area contributed by atoms with Crippen LogP contribution in [0.2, 0.25) is 0 Å². The van der Waals surface area contributed by atoms with E-state index in [0.717, 1.165) is 44.1 Å². The number of hydrogen-bond acceptors (Lipinski definition) is 5. The van der Waals surface area contributed by atoms with Crippen molar-refractivity contribution in [2.75, 3.05) is 53.5 Å². The number of morpholine rings is 1. The first-order chi connectivity index (χ1) is 13.1. The van der Waals surface area contributed by atoms with E-state index in [4.69, 9.17) is 13.9 Å². The summed E-state index contributed by atoms with van der Waals surface area (Å²) in [7, 11) is 3.48. The van der Waals surface area contributed by atoms with E-state index in [-0.39, 0.29) is 24.7 Å². The van der Waals surface area contributed by atoms with E-state index in [1.165, 1.54) is 0 Å². The van der Waals surface area contributed by atoms with Crippen LogP contribution in [-0.2, 0) is 20.7 Å². The maximum absolute atomic E-state index is 12.0. The number of nitrogens with zero attached hydrogens (tertiary/aromatic N) is 3. The van der Waals surface area contributed by atoms with Gasteiger partial charge in [0, 0.05) is 46.8 Å². The fourth-order valence-electron chi connectivity index (χ4n) is 3.29. The molecular formula is C19H30N4O4. The van der Waals surface area contributed by atoms with E-state index < -0.39 is 0 Å². The van der Waals surface area contributed by atoms with Crippen LogP contribution in [0.4, 0.5) is 0 Å². The molecule has 1 N–H and O–H groups in total. The SMILES string of the molecule is CN(C)C(=O)CN=C(NCCc1ccco1)N1CCOC(C2CCCO2)C1. The Kier molecular flexibility index (Phi) is 7.11. The van der Waals surface area contributed by atoms with Crippen LogP contribution in [0.25, 0.3) is 0 Å². The Bertz CT molecular complexity index is 611. The van der Waals surface area contributed by atoms with Crippen molar-refractivity contribution >= 4 is 11.9 Å². The van der Waals surface area contributed by atoms with Crippen LogP contribution >= 0.6 is 0 Å². The molecule has 8 nitrogen and oxygen atoms in total. The zero-order valence-electron chi connectivity index (χ0n) is 16.2. The van der Waals surface area contributed by atoms with Gasteiger partial charge in [0.2, 0.25) is 5.91 Å². The zero-order valence-corrected chi connectivity index (χ0v) is 16.2. The number of hydrogen-bond donors (Lipinski definition) is 1. The second kappa shape index (κ2) is 9.75. The number of likely N-dealkylation sites (N-methyl/N-ethyl adjacent to an activating group) is 1. The number of rotatable bonds is 6. The first-order valence-electron chi connectivity index (χ1n) is 9.62. The number of furan rings is 1. The molecule has 27 heavy (non-hydrogen) atoms. The molecule has 0 bridgehead atoms. The van der Waals surface area contributed by atoms with Gasteiger partial charge in [0.1, 0.15) is 18.4 Å². The second-order valence-electron chi connectivity index (χ2n) is 7.09. The summed E-state index contributed by atoms with van der Waals surface area (Å²) >= 11 is 0. The third-order valence-corrected chi connectivity index (χ3v) is 4.87. The summed E-state index contributed by atoms with van der Waals surface area (Å²) in [5.74, 6) is 1.64. The smallest absolute Gasteiger partial charge is 0.243 e. The van der Waals surface area contributed by atoms with Crippen molar-refractivity contribution < 1.29 is 18.7 Å². The highest BCUT2D eigenvalue weighted by molar-refractivity contribution is 5.85. The maximum atomic E-state index is 12.0. The lowest BCUT2D eigenvalue weighted by Crippen LogP contribution is -2.53. The largest absolute Gasteiger partial charge is 0.469 e. The van der Waals surface area contributed by atoms with E-state index in [0.29, 0.717) is 19.7 Å². The number of nitrogens with one attached hydrogen (secondary N) is 1. The lowest BCUT2D eigenvalue weighted by atomic mass is 10.1. The molecule has 3 rings (SSSR count). The molecule has 1 amide bonds. The van der Waals surface area contributed by atoms with Gasteiger partial charge in [-0.25, -0.2) is 4.99 Å². The molecule has 2 atom stereocenters. The highest BCUT2D eigenvalue weighted by Gasteiger charge is 2.32. The maximum Gasteiger partial charge on any atom is 0.243 e. The summed E-state index contributed by atoms with van der Waals surface area (Å²) in [4.78, 5) is 20.3. The third-order valence-electron chi connectivity index (χ3n) is 4.87. The first-order valence-corrected chi connectivity index (χ1v) is 9.62. The van der Waals surface area contributed by atoms with E-state index in [1.54, 1.807) is 25.3 Å². The molecule has 3 heterocycles. The zero-order chi connectivity index (χ0) is 19.1. The number of guanidine groups is 1. The number of amides is 1. The second-order valence-corrected chi connectivity index (χ2v) is 7.09. The molecule has 8 heteroatoms. The first kappa shape index (κ1) is 19.7. The minimum atomic E-state index is -0.0238. The molecule has 0 spiro atoms. The Labute approximate surface area is 160 Å². The van der Waals surface area contributed by atoms with Crippen LogP contribution in [0.5, 0.6) is 0 Å². The quantitative estimate of drug-likeness (QED) is 0.581. The summed E-state index contributed by atoms with van der Waals surface area (Å²) in [6, 6.07) is 3.84. The lowest BCUT2D eigenvalue weighted by Gasteiger charge is -2.37. The normalized spacial score (nSPS) is 23.5. The van der Waals surface area contributed by atoms with Crippen molar-refractivity contribution in [3.05, 3.63) is 24.2 Å². The highest BCUT2D eigenvalue weighted by Crippen LogP contribution is 2.21. The predicted octanol–water partition coefficient (Wildman–Crippen LogP) is 0.736. The minimum absolute atomic E-state index is 0.0238. The lowest BCUT2D eigenvalue weighted by molar-refractivity contribution is -0.127. The Morgan fingerprint density at radius 2 is 2.19 bits per heavy atom. The molecule has 2 saturated heterocycles. The highest BCUT2D eigenvalue weighted by atomic mass is 16.5. The monoisotopic (exact) mass is 378 g/mol. The van der Waals surface area contributed by atoms with Crippen molar-refractivity contribution in [1.29, 1.82) is 0 Å². The minimum Gasteiger partial charge on any atom is -0.469 e. The van der Waals surface area contributed by atoms with Crippen LogP contribution in [0, 0.1) is 0 Å². The standard InChI is InChI=1S/C19H30N4O4/c1-22(2)18(24)13-21-19(20-8-7-15-5-3-10-25-15)23-9-12-27-17(14-23)16-6-4-11-26-16/h3,5,10,16-17H,4,6-9,11-14H2,1-2H3,(H,20,21). The van der Waals surface area contributed by atoms with Gasteiger partial charge in [-0.15, -0.1) is 0 Å². The van der Waals surface area contributed by atoms with Crippen molar-refractivity contribution in [3.8, 4) is 0 Å². The molecule has 1 aromatic rings. The van der Waals surface area contributed by atoms with E-state index >= 15 is 0 Å². The molecule has 0 radical (unpaired) electrons. The van der Waals surface area contributed by atoms with Crippen molar-refractivity contribution in [3.63, 3.8) is 0 Å². The third kappa shape index (κ3) is 5.71. The predicted molar refractivity (Wildman–Crippen MR) is 102 cm³/mol. The van der Waals surface area contributed by atoms with Gasteiger partial charge in [-0.2, -0.15) is 0 Å². The summed E-state index contributed by atoms with van der Waals surface area (Å²) in [5.41, 5.74) is 0. The Balaban J connectivity index is 1.61. The number of aliphatic imine (C=N–C) groups is 1. The van der Waals surface area contributed by atoms with Crippen molar-refractivity contribution in [2.24, 2.45) is 4.99 Å². The Morgan fingerprint density at radius 3 is 2.89 bits per heavy atom. The van der Waals surface area contributed by atoms with E-state index in [2.05, 4.69) is 15.2 Å². The number of carbonyl (C=O) groups is 1. The summed E-state index contributed by atoms with van der Waals surface area (Å²) in [6.45, 7) is 3.71. The fourth-order valence-corrected chi connectivity index (χ4v) is 3.29. The van der Waals surface area contributed by atoms with Crippen LogP contribution in [0.15, 0.2) is 27.8 Å². The van der Waals surface area contributed by atoms with Crippen LogP contribution < -0.4 is 5.32 Å². The molecular weight excluding hydrogens is 348 g/mol. The van der Waals surface area contributed by atoms with Gasteiger partial charge in [-0.05, 0) is 25.0 Å². The van der Waals surface area contributed by atoms with Gasteiger partial charge in [0.15, 0.2) is 5.96 Å². The summed E-state index contributed by atoms with van der Waals surface area (Å²) < 4.78 is 17.1.